The number of hydrogen-bond acceptors (Lipinski definition) is 5. The van der Waals surface area contributed by atoms with E-state index in [0.717, 1.165) is 0 Å². The number of hydrogen-bond donors (Lipinski definition) is 3. The van der Waals surface area contributed by atoms with Crippen LogP contribution < -0.4 is 15.4 Å². The first kappa shape index (κ1) is 16.4. The molecule has 3 N–H and O–H groups in total. The molecule has 1 aromatic heterocycles. The first-order valence-corrected chi connectivity index (χ1v) is 7.56. The van der Waals surface area contributed by atoms with Crippen LogP contribution in [0.15, 0.2) is 23.4 Å². The number of aromatic nitrogens is 1. The number of amides is 1. The quantitative estimate of drug-likeness (QED) is 0.727. The van der Waals surface area contributed by atoms with Crippen LogP contribution in [0.5, 0.6) is 0 Å². The fraction of sp³-hybridized carbons (Fsp3) is 0.500. The molecule has 0 atom stereocenters. The number of nitrogens with zero attached hydrogens (tertiary/aromatic N) is 1. The van der Waals surface area contributed by atoms with Crippen LogP contribution in [-0.2, 0) is 14.8 Å². The summed E-state index contributed by atoms with van der Waals surface area (Å²) in [6.07, 6.45) is 2.72. The third-order valence-electron chi connectivity index (χ3n) is 2.28. The molecule has 112 valence electrons. The zero-order chi connectivity index (χ0) is 15.4. The molecule has 0 aliphatic rings. The van der Waals surface area contributed by atoms with Gasteiger partial charge in [-0.05, 0) is 26.8 Å². The Morgan fingerprint density at radius 1 is 1.35 bits per heavy atom. The average Bonchev–Trinajstić information content (AvgIpc) is 2.34. The van der Waals surface area contributed by atoms with Crippen molar-refractivity contribution >= 4 is 21.6 Å². The van der Waals surface area contributed by atoms with E-state index in [0.29, 0.717) is 5.69 Å². The number of pyridine rings is 1. The molecule has 0 aliphatic carbocycles. The van der Waals surface area contributed by atoms with Crippen LogP contribution in [0, 0.1) is 0 Å². The highest BCUT2D eigenvalue weighted by molar-refractivity contribution is 7.89. The minimum atomic E-state index is -3.79. The summed E-state index contributed by atoms with van der Waals surface area (Å²) in [7, 11) is -2.18. The summed E-state index contributed by atoms with van der Waals surface area (Å²) < 4.78 is 26.5. The molecular weight excluding hydrogens is 280 g/mol. The molecule has 1 aromatic rings. The number of carbonyl (C=O) groups excluding carboxylic acids is 1. The Morgan fingerprint density at radius 2 is 2.00 bits per heavy atom. The highest BCUT2D eigenvalue weighted by Crippen LogP contribution is 2.18. The second-order valence-corrected chi connectivity index (χ2v) is 6.98. The summed E-state index contributed by atoms with van der Waals surface area (Å²) in [4.78, 5) is 15.4. The lowest BCUT2D eigenvalue weighted by molar-refractivity contribution is -0.121. The van der Waals surface area contributed by atoms with Crippen molar-refractivity contribution in [2.24, 2.45) is 0 Å². The van der Waals surface area contributed by atoms with Crippen LogP contribution in [0.1, 0.15) is 20.8 Å². The number of rotatable bonds is 5. The Labute approximate surface area is 119 Å². The van der Waals surface area contributed by atoms with Gasteiger partial charge in [0.2, 0.25) is 15.9 Å². The van der Waals surface area contributed by atoms with Gasteiger partial charge in [0.05, 0.1) is 12.2 Å². The monoisotopic (exact) mass is 300 g/mol. The third kappa shape index (κ3) is 4.78. The van der Waals surface area contributed by atoms with Crippen LogP contribution in [0.2, 0.25) is 0 Å². The molecule has 0 fully saturated rings. The van der Waals surface area contributed by atoms with Gasteiger partial charge in [-0.25, -0.2) is 13.1 Å². The van der Waals surface area contributed by atoms with E-state index in [1.807, 2.05) is 20.8 Å². The standard InChI is InChI=1S/C12H20N4O3S/c1-12(2,3)16-11(17)8-15-20(18,19)10-7-14-6-5-9(10)13-4/h5-7,15H,8H2,1-4H3,(H,13,14)(H,16,17). The van der Waals surface area contributed by atoms with Crippen LogP contribution >= 0.6 is 0 Å². The molecule has 20 heavy (non-hydrogen) atoms. The molecular formula is C12H20N4O3S. The predicted octanol–water partition coefficient (Wildman–Crippen LogP) is 0.316. The first-order valence-electron chi connectivity index (χ1n) is 6.08. The lowest BCUT2D eigenvalue weighted by atomic mass is 10.1. The van der Waals surface area contributed by atoms with Gasteiger partial charge in [-0.2, -0.15) is 0 Å². The second-order valence-electron chi connectivity index (χ2n) is 5.24. The van der Waals surface area contributed by atoms with Crippen molar-refractivity contribution in [2.75, 3.05) is 18.9 Å². The van der Waals surface area contributed by atoms with E-state index >= 15 is 0 Å². The van der Waals surface area contributed by atoms with Gasteiger partial charge in [-0.3, -0.25) is 9.78 Å². The lowest BCUT2D eigenvalue weighted by Gasteiger charge is -2.20. The molecule has 0 aromatic carbocycles. The summed E-state index contributed by atoms with van der Waals surface area (Å²) in [6.45, 7) is 5.14. The Kier molecular flexibility index (Phi) is 5.07. The van der Waals surface area contributed by atoms with E-state index in [1.165, 1.54) is 12.4 Å². The van der Waals surface area contributed by atoms with Gasteiger partial charge in [0.25, 0.3) is 0 Å². The number of sulfonamides is 1. The van der Waals surface area contributed by atoms with Crippen molar-refractivity contribution in [2.45, 2.75) is 31.2 Å². The summed E-state index contributed by atoms with van der Waals surface area (Å²) in [5.74, 6) is -0.393. The summed E-state index contributed by atoms with van der Waals surface area (Å²) in [5.41, 5.74) is 0.0104. The first-order chi connectivity index (χ1) is 9.15. The Balaban J connectivity index is 2.79. The van der Waals surface area contributed by atoms with E-state index < -0.39 is 21.5 Å². The molecule has 8 heteroatoms. The van der Waals surface area contributed by atoms with Gasteiger partial charge in [0.1, 0.15) is 4.90 Å². The van der Waals surface area contributed by atoms with E-state index in [4.69, 9.17) is 0 Å². The average molecular weight is 300 g/mol. The van der Waals surface area contributed by atoms with Crippen molar-refractivity contribution < 1.29 is 13.2 Å². The summed E-state index contributed by atoms with van der Waals surface area (Å²) in [5, 5.41) is 5.44. The van der Waals surface area contributed by atoms with Gasteiger partial charge < -0.3 is 10.6 Å². The molecule has 1 heterocycles. The van der Waals surface area contributed by atoms with Crippen LogP contribution in [0.25, 0.3) is 0 Å². The van der Waals surface area contributed by atoms with E-state index in [9.17, 15) is 13.2 Å². The maximum absolute atomic E-state index is 12.1. The van der Waals surface area contributed by atoms with Gasteiger partial charge in [-0.1, -0.05) is 0 Å². The van der Waals surface area contributed by atoms with Gasteiger partial charge in [0.15, 0.2) is 0 Å². The van der Waals surface area contributed by atoms with Crippen molar-refractivity contribution in [3.63, 3.8) is 0 Å². The van der Waals surface area contributed by atoms with Gasteiger partial charge in [0, 0.05) is 25.0 Å². The van der Waals surface area contributed by atoms with E-state index in [1.54, 1.807) is 13.1 Å². The maximum Gasteiger partial charge on any atom is 0.244 e. The van der Waals surface area contributed by atoms with Crippen molar-refractivity contribution in [3.05, 3.63) is 18.5 Å². The predicted molar refractivity (Wildman–Crippen MR) is 76.9 cm³/mol. The second kappa shape index (κ2) is 6.19. The lowest BCUT2D eigenvalue weighted by Crippen LogP contribution is -2.45. The molecule has 0 aliphatic heterocycles. The van der Waals surface area contributed by atoms with E-state index in [-0.39, 0.29) is 11.4 Å². The topological polar surface area (TPSA) is 100 Å². The van der Waals surface area contributed by atoms with E-state index in [2.05, 4.69) is 20.3 Å². The number of carbonyl (C=O) groups is 1. The molecule has 0 unspecified atom stereocenters. The Bertz CT molecular complexity index is 579. The van der Waals surface area contributed by atoms with Crippen molar-refractivity contribution in [1.82, 2.24) is 15.0 Å². The molecule has 0 spiro atoms. The number of nitrogens with one attached hydrogen (secondary N) is 3. The zero-order valence-electron chi connectivity index (χ0n) is 12.0. The SMILES string of the molecule is CNc1ccncc1S(=O)(=O)NCC(=O)NC(C)(C)C. The molecule has 1 amide bonds. The molecule has 0 bridgehead atoms. The normalized spacial score (nSPS) is 12.0. The summed E-state index contributed by atoms with van der Waals surface area (Å²) in [6, 6.07) is 1.55. The Hall–Kier alpha value is -1.67. The minimum Gasteiger partial charge on any atom is -0.387 e. The minimum absolute atomic E-state index is 0.00561. The molecule has 0 radical (unpaired) electrons. The van der Waals surface area contributed by atoms with Gasteiger partial charge in [-0.15, -0.1) is 0 Å². The molecule has 7 nitrogen and oxygen atoms in total. The maximum atomic E-state index is 12.1. The zero-order valence-corrected chi connectivity index (χ0v) is 12.8. The number of anilines is 1. The van der Waals surface area contributed by atoms with Crippen LogP contribution in [-0.4, -0.2) is 38.4 Å². The Morgan fingerprint density at radius 3 is 2.55 bits per heavy atom. The molecule has 0 saturated carbocycles. The fourth-order valence-corrected chi connectivity index (χ4v) is 2.64. The molecule has 0 saturated heterocycles. The van der Waals surface area contributed by atoms with Crippen molar-refractivity contribution in [1.29, 1.82) is 0 Å². The van der Waals surface area contributed by atoms with Crippen LogP contribution in [0.4, 0.5) is 5.69 Å². The smallest absolute Gasteiger partial charge is 0.244 e. The van der Waals surface area contributed by atoms with Gasteiger partial charge >= 0.3 is 0 Å². The van der Waals surface area contributed by atoms with Crippen LogP contribution in [0.3, 0.4) is 0 Å². The third-order valence-corrected chi connectivity index (χ3v) is 3.71. The fourth-order valence-electron chi connectivity index (χ4n) is 1.50. The highest BCUT2D eigenvalue weighted by Gasteiger charge is 2.20. The van der Waals surface area contributed by atoms with Crippen molar-refractivity contribution in [3.8, 4) is 0 Å². The highest BCUT2D eigenvalue weighted by atomic mass is 32.2. The molecule has 1 rings (SSSR count). The largest absolute Gasteiger partial charge is 0.387 e. The summed E-state index contributed by atoms with van der Waals surface area (Å²) >= 11 is 0.